The van der Waals surface area contributed by atoms with E-state index in [9.17, 15) is 5.53 Å². The Bertz CT molecular complexity index is 1280. The predicted octanol–water partition coefficient (Wildman–Crippen LogP) is 17.3. The van der Waals surface area contributed by atoms with Crippen LogP contribution in [-0.2, 0) is 27.3 Å². The second-order valence-electron chi connectivity index (χ2n) is 15.4. The van der Waals surface area contributed by atoms with Crippen LogP contribution in [0.15, 0.2) is 59.7 Å². The maximum atomic E-state index is 11.4. The molecule has 0 spiro atoms. The van der Waals surface area contributed by atoms with Gasteiger partial charge in [-0.05, 0) is 67.5 Å². The van der Waals surface area contributed by atoms with E-state index in [-0.39, 0.29) is 0 Å². The van der Waals surface area contributed by atoms with Crippen molar-refractivity contribution in [3.05, 3.63) is 87.5 Å². The van der Waals surface area contributed by atoms with Crippen molar-refractivity contribution < 1.29 is 19.1 Å². The average Bonchev–Trinajstić information content (AvgIpc) is 3.48. The Morgan fingerprint density at radius 2 is 0.811 bits per heavy atom. The van der Waals surface area contributed by atoms with Crippen LogP contribution in [0, 0.1) is 0 Å². The Morgan fingerprint density at radius 3 is 1.19 bits per heavy atom. The number of hydrogen-bond donors (Lipinski definition) is 0. The Kier molecular flexibility index (Phi) is 27.8. The Balaban J connectivity index is 0.000000370. The molecule has 2 aromatic carbocycles. The number of benzene rings is 2. The maximum absolute atomic E-state index is 11.4. The van der Waals surface area contributed by atoms with Gasteiger partial charge in [0.1, 0.15) is 0 Å². The Labute approximate surface area is 335 Å². The first kappa shape index (κ1) is 47.2. The van der Waals surface area contributed by atoms with Gasteiger partial charge in [-0.15, -0.1) is 0 Å². The Hall–Kier alpha value is -1.99. The Morgan fingerprint density at radius 1 is 0.434 bits per heavy atom. The molecule has 2 nitrogen and oxygen atoms in total. The number of allylic oxidation sites excluding steroid dienone is 2. The van der Waals surface area contributed by atoms with Crippen LogP contribution >= 0.6 is 0 Å². The number of unbranched alkanes of at least 4 members (excludes halogenated alkanes) is 19. The summed E-state index contributed by atoms with van der Waals surface area (Å²) in [6, 6.07) is 17.2. The SMILES string of the molecule is CCCCC1=C(c2cccc(CC)c2)[N+](=[N-])C(c2cccc(CC)c2)=C1CC.CCCCCCCCCCC[CH2][Ni][CH2]CCCCCCCCCCC. The van der Waals surface area contributed by atoms with Crippen LogP contribution < -0.4 is 0 Å². The van der Waals surface area contributed by atoms with Gasteiger partial charge in [-0.1, -0.05) is 58.4 Å². The van der Waals surface area contributed by atoms with Crippen LogP contribution in [0.25, 0.3) is 16.9 Å². The summed E-state index contributed by atoms with van der Waals surface area (Å²) in [5.41, 5.74) is 20.7. The first-order chi connectivity index (χ1) is 26.1. The minimum absolute atomic E-state index is 0.915. The monoisotopic (exact) mass is 769 g/mol. The third-order valence-electron chi connectivity index (χ3n) is 10.9. The van der Waals surface area contributed by atoms with Gasteiger partial charge in [-0.2, -0.15) is 0 Å². The molecule has 0 saturated carbocycles. The zero-order valence-corrected chi connectivity index (χ0v) is 36.6. The molecular formula is C50H82N2Ni. The fourth-order valence-electron chi connectivity index (χ4n) is 7.50. The average molecular weight is 770 g/mol. The molecule has 2 aromatic rings. The van der Waals surface area contributed by atoms with E-state index in [4.69, 9.17) is 0 Å². The van der Waals surface area contributed by atoms with Gasteiger partial charge >= 0.3 is 167 Å². The van der Waals surface area contributed by atoms with Gasteiger partial charge in [0, 0.05) is 22.3 Å². The second-order valence-corrected chi connectivity index (χ2v) is 16.9. The van der Waals surface area contributed by atoms with Crippen molar-refractivity contribution in [3.63, 3.8) is 0 Å². The normalized spacial score (nSPS) is 13.0. The van der Waals surface area contributed by atoms with Gasteiger partial charge in [-0.3, -0.25) is 0 Å². The van der Waals surface area contributed by atoms with Crippen LogP contribution in [0.5, 0.6) is 0 Å². The summed E-state index contributed by atoms with van der Waals surface area (Å²) in [6.45, 7) is 13.4. The summed E-state index contributed by atoms with van der Waals surface area (Å²) in [5.74, 6) is 0. The molecule has 1 aliphatic heterocycles. The fourth-order valence-corrected chi connectivity index (χ4v) is 8.73. The molecule has 3 heteroatoms. The van der Waals surface area contributed by atoms with E-state index < -0.39 is 0 Å². The molecule has 0 saturated heterocycles. The zero-order chi connectivity index (χ0) is 38.4. The third kappa shape index (κ3) is 18.9. The molecule has 0 atom stereocenters. The van der Waals surface area contributed by atoms with E-state index in [1.54, 1.807) is 0 Å². The molecule has 3 rings (SSSR count). The van der Waals surface area contributed by atoms with Crippen LogP contribution in [0.3, 0.4) is 0 Å². The van der Waals surface area contributed by atoms with E-state index in [0.29, 0.717) is 0 Å². The van der Waals surface area contributed by atoms with Crippen LogP contribution in [0.1, 0.15) is 218 Å². The molecule has 0 bridgehead atoms. The molecule has 0 unspecified atom stereocenters. The van der Waals surface area contributed by atoms with Crippen molar-refractivity contribution in [2.75, 3.05) is 0 Å². The van der Waals surface area contributed by atoms with Gasteiger partial charge in [0.2, 0.25) is 11.4 Å². The van der Waals surface area contributed by atoms with Gasteiger partial charge in [0.05, 0.1) is 0 Å². The van der Waals surface area contributed by atoms with Crippen molar-refractivity contribution in [1.29, 1.82) is 0 Å². The molecule has 0 aliphatic carbocycles. The van der Waals surface area contributed by atoms with Crippen molar-refractivity contribution in [2.24, 2.45) is 0 Å². The van der Waals surface area contributed by atoms with Gasteiger partial charge in [0.25, 0.3) is 0 Å². The van der Waals surface area contributed by atoms with Crippen molar-refractivity contribution in [3.8, 4) is 0 Å². The summed E-state index contributed by atoms with van der Waals surface area (Å²) in [6.07, 6.45) is 35.4. The van der Waals surface area contributed by atoms with E-state index in [0.717, 1.165) is 61.0 Å². The topological polar surface area (TPSA) is 25.3 Å². The van der Waals surface area contributed by atoms with Gasteiger partial charge in [0.15, 0.2) is 0 Å². The zero-order valence-electron chi connectivity index (χ0n) is 35.6. The molecule has 302 valence electrons. The van der Waals surface area contributed by atoms with Crippen molar-refractivity contribution >= 4 is 11.4 Å². The molecule has 0 fully saturated rings. The van der Waals surface area contributed by atoms with Gasteiger partial charge < -0.3 is 5.53 Å². The minimum atomic E-state index is 0.915. The first-order valence-electron chi connectivity index (χ1n) is 22.6. The molecule has 1 heterocycles. The summed E-state index contributed by atoms with van der Waals surface area (Å²) in [4.78, 5) is 0. The number of hydrogen-bond acceptors (Lipinski definition) is 0. The van der Waals surface area contributed by atoms with Crippen LogP contribution in [0.4, 0.5) is 0 Å². The molecule has 0 radical (unpaired) electrons. The second kappa shape index (κ2) is 31.2. The van der Waals surface area contributed by atoms with E-state index in [1.807, 2.05) is 14.4 Å². The molecule has 53 heavy (non-hydrogen) atoms. The van der Waals surface area contributed by atoms with Crippen LogP contribution in [-0.4, -0.2) is 4.70 Å². The quantitative estimate of drug-likeness (QED) is 0.0430. The van der Waals surface area contributed by atoms with E-state index >= 15 is 0 Å². The summed E-state index contributed by atoms with van der Waals surface area (Å²) < 4.78 is 1.47. The fraction of sp³-hybridized carbons (Fsp3) is 0.680. The molecule has 0 aromatic heterocycles. The molecular weight excluding hydrogens is 687 g/mol. The number of rotatable bonds is 30. The van der Waals surface area contributed by atoms with Crippen LogP contribution in [0.2, 0.25) is 10.8 Å². The summed E-state index contributed by atoms with van der Waals surface area (Å²) in [5, 5.41) is 2.86. The molecule has 1 aliphatic rings. The van der Waals surface area contributed by atoms with Gasteiger partial charge in [-0.25, -0.2) is 4.70 Å². The number of aryl methyl sites for hydroxylation is 2. The molecule has 0 N–H and O–H groups in total. The summed E-state index contributed by atoms with van der Waals surface area (Å²) >= 11 is 2.03. The van der Waals surface area contributed by atoms with Crippen molar-refractivity contribution in [2.45, 2.75) is 219 Å². The first-order valence-corrected chi connectivity index (χ1v) is 24.0. The standard InChI is InChI=1S/C26H32N2.2C12H25.Ni/c1-5-9-16-24-23(8-4)25(21-14-10-12-19(6-2)17-21)28(27)26(24)22-15-11-13-20(7-3)18-22;2*1-3-5-7-9-11-12-10-8-6-4-2;/h10-15,17-18H,5-9,16H2,1-4H3;2*1,3-12H2,2H3;. The molecule has 0 amide bonds. The number of nitrogens with zero attached hydrogens (tertiary/aromatic N) is 2. The summed E-state index contributed by atoms with van der Waals surface area (Å²) in [7, 11) is 0. The van der Waals surface area contributed by atoms with Crippen molar-refractivity contribution in [1.82, 2.24) is 0 Å². The van der Waals surface area contributed by atoms with E-state index in [2.05, 4.69) is 90.1 Å². The van der Waals surface area contributed by atoms with E-state index in [1.165, 1.54) is 166 Å². The third-order valence-corrected chi connectivity index (χ3v) is 12.3. The predicted molar refractivity (Wildman–Crippen MR) is 232 cm³/mol.